The van der Waals surface area contributed by atoms with Gasteiger partial charge in [-0.3, -0.25) is 57.5 Å². The van der Waals surface area contributed by atoms with Gasteiger partial charge in [-0.2, -0.15) is 0 Å². The van der Waals surface area contributed by atoms with Crippen LogP contribution >= 0.6 is 0 Å². The normalized spacial score (nSPS) is 14.0. The van der Waals surface area contributed by atoms with Crippen LogP contribution in [-0.2, 0) is 57.5 Å². The second kappa shape index (κ2) is 64.2. The van der Waals surface area contributed by atoms with Crippen molar-refractivity contribution in [1.29, 1.82) is 0 Å². The third-order valence-corrected chi connectivity index (χ3v) is 18.4. The van der Waals surface area contributed by atoms with Crippen LogP contribution < -0.4 is 58.5 Å². The van der Waals surface area contributed by atoms with Crippen molar-refractivity contribution in [3.05, 3.63) is 0 Å². The third kappa shape index (κ3) is 58.9. The Bertz CT molecular complexity index is 2650. The number of hydrogen-bond acceptors (Lipinski definition) is 20. The fourth-order valence-electron chi connectivity index (χ4n) is 12.7. The molecular weight excluding hydrogens is 1420 g/mol. The lowest BCUT2D eigenvalue weighted by molar-refractivity contribution is -0.129. The quantitative estimate of drug-likeness (QED) is 0.0252. The molecule has 3 amide bonds. The minimum Gasteiger partial charge on any atom is -0.356 e. The van der Waals surface area contributed by atoms with Crippen molar-refractivity contribution < 1.29 is 57.5 Å². The maximum Gasteiger partial charge on any atom is 0.222 e. The molecule has 0 aliphatic heterocycles. The average molecular weight is 1590 g/mol. The summed E-state index contributed by atoms with van der Waals surface area (Å²) >= 11 is 0. The molecule has 656 valence electrons. The number of carbonyl (C=O) groups is 12. The van der Waals surface area contributed by atoms with E-state index in [1.54, 1.807) is 0 Å². The largest absolute Gasteiger partial charge is 0.356 e. The summed E-state index contributed by atoms with van der Waals surface area (Å²) in [6.45, 7) is 64.2. The molecule has 23 nitrogen and oxygen atoms in total. The molecule has 23 heteroatoms. The van der Waals surface area contributed by atoms with Gasteiger partial charge in [-0.25, -0.2) is 0 Å². The fraction of sp³-hybridized carbons (Fsp3) is 0.865. The van der Waals surface area contributed by atoms with Gasteiger partial charge in [-0.05, 0) is 70.6 Å². The van der Waals surface area contributed by atoms with Gasteiger partial charge in [-0.15, -0.1) is 0 Å². The molecule has 0 spiro atoms. The smallest absolute Gasteiger partial charge is 0.222 e. The minimum atomic E-state index is -0.456. The van der Waals surface area contributed by atoms with Crippen LogP contribution in [0, 0.1) is 47.3 Å². The van der Waals surface area contributed by atoms with Gasteiger partial charge in [-0.1, -0.05) is 234 Å². The zero-order valence-electron chi connectivity index (χ0n) is 77.1. The van der Waals surface area contributed by atoms with Crippen LogP contribution in [0.2, 0.25) is 0 Å². The first-order valence-corrected chi connectivity index (χ1v) is 43.5. The van der Waals surface area contributed by atoms with Crippen LogP contribution in [0.5, 0.6) is 0 Å². The maximum absolute atomic E-state index is 12.3. The zero-order valence-corrected chi connectivity index (χ0v) is 77.1. The average Bonchev–Trinajstić information content (AvgIpc) is 0.843. The summed E-state index contributed by atoms with van der Waals surface area (Å²) in [4.78, 5) is 147. The summed E-state index contributed by atoms with van der Waals surface area (Å²) in [5.41, 5.74) is 0. The van der Waals surface area contributed by atoms with Crippen molar-refractivity contribution in [3.63, 3.8) is 0 Å². The topological polar surface area (TPSA) is 337 Å². The number of Topliss-reactive ketones (excluding diaryl/α,β-unsaturated/α-hetero) is 9. The Morgan fingerprint density at radius 1 is 0.188 bits per heavy atom. The Morgan fingerprint density at radius 2 is 0.384 bits per heavy atom. The molecule has 0 aromatic heterocycles. The number of carbonyl (C=O) groups excluding carboxylic acids is 12. The maximum atomic E-state index is 12.3. The van der Waals surface area contributed by atoms with E-state index >= 15 is 0 Å². The number of hydrogen-bond donors (Lipinski definition) is 11. The Kier molecular flexibility index (Phi) is 65.1. The fourth-order valence-corrected chi connectivity index (χ4v) is 12.7. The van der Waals surface area contributed by atoms with Crippen LogP contribution in [-0.4, -0.2) is 186 Å². The van der Waals surface area contributed by atoms with Crippen molar-refractivity contribution in [3.8, 4) is 0 Å². The van der Waals surface area contributed by atoms with Gasteiger partial charge in [0.25, 0.3) is 0 Å². The Labute approximate surface area is 683 Å². The molecule has 0 radical (unpaired) electrons. The van der Waals surface area contributed by atoms with Crippen LogP contribution in [0.15, 0.2) is 0 Å². The number of ketones is 9. The third-order valence-electron chi connectivity index (χ3n) is 18.4. The summed E-state index contributed by atoms with van der Waals surface area (Å²) in [5.74, 6) is 1.08. The van der Waals surface area contributed by atoms with E-state index < -0.39 is 12.1 Å². The molecule has 0 rings (SSSR count). The Hall–Kier alpha value is -4.88. The summed E-state index contributed by atoms with van der Waals surface area (Å²) in [7, 11) is 0. The molecule has 11 N–H and O–H groups in total. The van der Waals surface area contributed by atoms with Gasteiger partial charge in [0.05, 0.1) is 48.3 Å². The van der Waals surface area contributed by atoms with E-state index in [1.807, 2.05) is 208 Å². The molecule has 8 unspecified atom stereocenters. The van der Waals surface area contributed by atoms with Crippen LogP contribution in [0.25, 0.3) is 0 Å². The number of nitrogens with one attached hydrogen (secondary N) is 11. The van der Waals surface area contributed by atoms with E-state index in [9.17, 15) is 57.5 Å². The zero-order chi connectivity index (χ0) is 87.4. The highest BCUT2D eigenvalue weighted by Crippen LogP contribution is 2.17. The molecule has 0 saturated heterocycles. The number of rotatable bonds is 61. The first kappa shape index (κ1) is 113. The lowest BCUT2D eigenvalue weighted by atomic mass is 9.94. The van der Waals surface area contributed by atoms with Crippen molar-refractivity contribution >= 4 is 69.8 Å². The summed E-state index contributed by atoms with van der Waals surface area (Å²) in [6.07, 6.45) is 11.6. The molecule has 0 aliphatic rings. The monoisotopic (exact) mass is 1590 g/mol. The van der Waals surface area contributed by atoms with Gasteiger partial charge in [0.2, 0.25) is 17.7 Å². The summed E-state index contributed by atoms with van der Waals surface area (Å²) < 4.78 is 0. The lowest BCUT2D eigenvalue weighted by Crippen LogP contribution is -2.46. The Balaban J connectivity index is -0.000000694. The molecule has 0 aromatic carbocycles. The highest BCUT2D eigenvalue weighted by molar-refractivity contribution is 5.92. The molecule has 0 aliphatic carbocycles. The van der Waals surface area contributed by atoms with E-state index in [0.29, 0.717) is 64.6 Å². The lowest BCUT2D eigenvalue weighted by Gasteiger charge is -2.23. The molecule has 112 heavy (non-hydrogen) atoms. The second-order valence-electron chi connectivity index (χ2n) is 35.9. The van der Waals surface area contributed by atoms with Crippen molar-refractivity contribution in [2.45, 2.75) is 434 Å². The van der Waals surface area contributed by atoms with E-state index in [2.05, 4.69) is 72.3 Å². The van der Waals surface area contributed by atoms with Crippen molar-refractivity contribution in [2.75, 3.05) is 19.6 Å². The van der Waals surface area contributed by atoms with E-state index in [1.165, 1.54) is 0 Å². The Morgan fingerprint density at radius 3 is 0.634 bits per heavy atom. The van der Waals surface area contributed by atoms with Gasteiger partial charge in [0.15, 0.2) is 46.3 Å². The predicted octanol–water partition coefficient (Wildman–Crippen LogP) is 12.6. The standard InChI is InChI=1S/C24H46N2O3.2C22H43N3O3.C21H41N3O3/c1-16(2)23(28)21(25-18(5)6)13-11-9-10-12-20(27)14-15-22(26-19(7)8)24(29)17(3)4;1-14(2)21(27)18(24-16(5)6)10-9-13-23-20(26)12-11-19(25-17(7)8)22(28)15(3)4;1-14(2)21(27)18(24-16(5)6)11-9-10-12-23-20(26)13-19(25-17(7)8)22(28)15(3)4;1-13(2)20(26)17(23-15(5)6)10-9-11-22-19(25)12-18(24-16(7)8)21(27)14(3)4/h16-19,21-22,25-26H,9-15H2,1-8H3;2*14-19,24-25H,9-13H2,1-8H3,(H,23,26);13-18,23-24H,9-12H2,1-8H3,(H,22,25). The second-order valence-corrected chi connectivity index (χ2v) is 35.9. The summed E-state index contributed by atoms with van der Waals surface area (Å²) in [6, 6.07) is -0.262. The minimum absolute atomic E-state index is 0.00488. The first-order valence-electron chi connectivity index (χ1n) is 43.5. The highest BCUT2D eigenvalue weighted by Gasteiger charge is 2.30. The SMILES string of the molecule is CC(C)NC(CCCCCC(=O)CCC(NC(C)C)C(=O)C(C)C)C(=O)C(C)C.CC(C)NC(CCCCNC(=O)CC(NC(C)C)C(=O)C(C)C)C(=O)C(C)C.CC(C)NC(CCCNC(=O)CC(NC(C)C)C(=O)C(C)C)C(=O)C(C)C.CC(C)NC(CCCNC(=O)CCC(NC(C)C)C(=O)C(C)C)C(=O)C(C)C. The molecule has 0 bridgehead atoms. The number of amides is 3. The van der Waals surface area contributed by atoms with Crippen molar-refractivity contribution in [2.24, 2.45) is 47.3 Å². The van der Waals surface area contributed by atoms with Gasteiger partial charge >= 0.3 is 0 Å². The van der Waals surface area contributed by atoms with Crippen LogP contribution in [0.1, 0.15) is 337 Å². The van der Waals surface area contributed by atoms with Gasteiger partial charge < -0.3 is 58.5 Å². The van der Waals surface area contributed by atoms with Crippen LogP contribution in [0.3, 0.4) is 0 Å². The molecule has 8 atom stereocenters. The summed E-state index contributed by atoms with van der Waals surface area (Å²) in [5, 5.41) is 35.0. The molecule has 0 saturated carbocycles. The number of unbranched alkanes of at least 4 members (excludes halogenated alkanes) is 3. The molecule has 0 aromatic rings. The highest BCUT2D eigenvalue weighted by atomic mass is 16.2. The molecule has 0 fully saturated rings. The van der Waals surface area contributed by atoms with Crippen LogP contribution in [0.4, 0.5) is 0 Å². The first-order chi connectivity index (χ1) is 51.8. The van der Waals surface area contributed by atoms with Gasteiger partial charge in [0.1, 0.15) is 5.78 Å². The van der Waals surface area contributed by atoms with Crippen molar-refractivity contribution in [1.82, 2.24) is 58.5 Å². The van der Waals surface area contributed by atoms with Gasteiger partial charge in [0, 0.05) is 147 Å². The van der Waals surface area contributed by atoms with E-state index in [-0.39, 0.29) is 215 Å². The van der Waals surface area contributed by atoms with E-state index in [4.69, 9.17) is 0 Å². The molecular formula is C89H173N11O12. The predicted molar refractivity (Wildman–Crippen MR) is 462 cm³/mol. The van der Waals surface area contributed by atoms with E-state index in [0.717, 1.165) is 57.8 Å². The molecule has 0 heterocycles.